The van der Waals surface area contributed by atoms with Gasteiger partial charge in [0.1, 0.15) is 11.3 Å². The summed E-state index contributed by atoms with van der Waals surface area (Å²) in [6.45, 7) is 6.67. The number of carbonyl (C=O) groups is 1. The van der Waals surface area contributed by atoms with Crippen molar-refractivity contribution in [1.29, 1.82) is 0 Å². The van der Waals surface area contributed by atoms with Gasteiger partial charge in [-0.25, -0.2) is 15.0 Å². The van der Waals surface area contributed by atoms with Crippen molar-refractivity contribution in [2.24, 2.45) is 7.05 Å². The predicted octanol–water partition coefficient (Wildman–Crippen LogP) is 1.94. The van der Waals surface area contributed by atoms with E-state index in [2.05, 4.69) is 33.4 Å². The van der Waals surface area contributed by atoms with E-state index in [1.165, 1.54) is 11.4 Å². The second-order valence-electron chi connectivity index (χ2n) is 8.33. The zero-order valence-electron chi connectivity index (χ0n) is 17.3. The lowest BCUT2D eigenvalue weighted by atomic mass is 9.91. The van der Waals surface area contributed by atoms with E-state index in [1.807, 2.05) is 16.5 Å². The van der Waals surface area contributed by atoms with E-state index in [0.29, 0.717) is 17.0 Å². The van der Waals surface area contributed by atoms with Gasteiger partial charge in [-0.3, -0.25) is 9.69 Å². The predicted molar refractivity (Wildman–Crippen MR) is 110 cm³/mol. The molecule has 3 aromatic rings. The standard InChI is InChI=1S/C21H27N7O/c1-14-24-18(17-12-25(2)10-11-28(14)17)15-5-8-27(9-6-15)21(29)16-4-7-22-20-19(16)23-13-26(20)3/h4,7,13,15H,5-6,8-12H2,1-3H3. The van der Waals surface area contributed by atoms with Crippen LogP contribution in [0.4, 0.5) is 0 Å². The number of carbonyl (C=O) groups excluding carboxylic acids is 1. The van der Waals surface area contributed by atoms with Crippen LogP contribution in [0.15, 0.2) is 18.6 Å². The maximum Gasteiger partial charge on any atom is 0.256 e. The highest BCUT2D eigenvalue weighted by Gasteiger charge is 2.31. The number of likely N-dealkylation sites (N-methyl/N-ethyl adjacent to an activating group) is 1. The molecule has 0 N–H and O–H groups in total. The molecule has 0 spiro atoms. The lowest BCUT2D eigenvalue weighted by molar-refractivity contribution is 0.0713. The largest absolute Gasteiger partial charge is 0.339 e. The highest BCUT2D eigenvalue weighted by molar-refractivity contribution is 6.04. The van der Waals surface area contributed by atoms with Crippen molar-refractivity contribution in [3.05, 3.63) is 41.4 Å². The fourth-order valence-corrected chi connectivity index (χ4v) is 4.75. The van der Waals surface area contributed by atoms with Crippen molar-refractivity contribution in [1.82, 2.24) is 33.9 Å². The van der Waals surface area contributed by atoms with Gasteiger partial charge in [-0.2, -0.15) is 0 Å². The number of hydrogen-bond donors (Lipinski definition) is 0. The van der Waals surface area contributed by atoms with Gasteiger partial charge in [0.25, 0.3) is 5.91 Å². The summed E-state index contributed by atoms with van der Waals surface area (Å²) in [6, 6.07) is 1.79. The number of likely N-dealkylation sites (tertiary alicyclic amines) is 1. The maximum atomic E-state index is 13.2. The Morgan fingerprint density at radius 3 is 2.69 bits per heavy atom. The van der Waals surface area contributed by atoms with E-state index in [9.17, 15) is 4.79 Å². The van der Waals surface area contributed by atoms with E-state index in [0.717, 1.165) is 57.0 Å². The Hall–Kier alpha value is -2.74. The van der Waals surface area contributed by atoms with Crippen molar-refractivity contribution in [2.45, 2.75) is 38.8 Å². The van der Waals surface area contributed by atoms with Gasteiger partial charge in [0.15, 0.2) is 5.65 Å². The Morgan fingerprint density at radius 1 is 1.10 bits per heavy atom. The van der Waals surface area contributed by atoms with Crippen molar-refractivity contribution in [2.75, 3.05) is 26.7 Å². The summed E-state index contributed by atoms with van der Waals surface area (Å²) in [4.78, 5) is 31.2. The molecule has 2 aliphatic rings. The molecule has 5 heterocycles. The number of amides is 1. The number of nitrogens with zero attached hydrogens (tertiary/aromatic N) is 7. The van der Waals surface area contributed by atoms with E-state index in [4.69, 9.17) is 4.98 Å². The zero-order chi connectivity index (χ0) is 20.1. The minimum atomic E-state index is 0.0531. The van der Waals surface area contributed by atoms with Crippen molar-refractivity contribution in [3.63, 3.8) is 0 Å². The van der Waals surface area contributed by atoms with Crippen LogP contribution in [0, 0.1) is 6.92 Å². The first-order valence-corrected chi connectivity index (χ1v) is 10.3. The molecule has 0 saturated carbocycles. The molecule has 0 atom stereocenters. The molecule has 8 heteroatoms. The first-order valence-electron chi connectivity index (χ1n) is 10.3. The van der Waals surface area contributed by atoms with Crippen molar-refractivity contribution >= 4 is 17.1 Å². The highest BCUT2D eigenvalue weighted by atomic mass is 16.2. The third-order valence-corrected chi connectivity index (χ3v) is 6.42. The number of piperidine rings is 1. The molecule has 8 nitrogen and oxygen atoms in total. The number of aryl methyl sites for hydroxylation is 2. The minimum absolute atomic E-state index is 0.0531. The van der Waals surface area contributed by atoms with Crippen LogP contribution in [0.5, 0.6) is 0 Å². The van der Waals surface area contributed by atoms with Crippen LogP contribution >= 0.6 is 0 Å². The van der Waals surface area contributed by atoms with Crippen LogP contribution in [0.1, 0.15) is 46.3 Å². The van der Waals surface area contributed by atoms with Gasteiger partial charge in [-0.05, 0) is 32.9 Å². The molecule has 1 amide bonds. The SMILES string of the molecule is Cc1nc(C2CCN(C(=O)c3ccnc4c3ncn4C)CC2)c2n1CCN(C)C2. The van der Waals surface area contributed by atoms with Crippen LogP contribution in [0.3, 0.4) is 0 Å². The van der Waals surface area contributed by atoms with Gasteiger partial charge < -0.3 is 14.0 Å². The first kappa shape index (κ1) is 18.3. The summed E-state index contributed by atoms with van der Waals surface area (Å²) in [5.41, 5.74) is 4.69. The Balaban J connectivity index is 1.34. The molecule has 3 aromatic heterocycles. The van der Waals surface area contributed by atoms with Crippen molar-refractivity contribution in [3.8, 4) is 0 Å². The van der Waals surface area contributed by atoms with Crippen LogP contribution in [-0.2, 0) is 20.1 Å². The lowest BCUT2D eigenvalue weighted by Gasteiger charge is -2.33. The second-order valence-corrected chi connectivity index (χ2v) is 8.33. The molecule has 1 fully saturated rings. The molecule has 0 unspecified atom stereocenters. The number of hydrogen-bond acceptors (Lipinski definition) is 5. The summed E-state index contributed by atoms with van der Waals surface area (Å²) >= 11 is 0. The molecule has 0 aliphatic carbocycles. The maximum absolute atomic E-state index is 13.2. The third kappa shape index (κ3) is 3.02. The number of fused-ring (bicyclic) bond motifs is 2. The quantitative estimate of drug-likeness (QED) is 0.665. The van der Waals surface area contributed by atoms with Crippen LogP contribution in [0.25, 0.3) is 11.2 Å². The number of pyridine rings is 1. The highest BCUT2D eigenvalue weighted by Crippen LogP contribution is 2.32. The van der Waals surface area contributed by atoms with E-state index in [-0.39, 0.29) is 5.91 Å². The molecule has 29 heavy (non-hydrogen) atoms. The van der Waals surface area contributed by atoms with Crippen LogP contribution < -0.4 is 0 Å². The number of imidazole rings is 2. The summed E-state index contributed by atoms with van der Waals surface area (Å²) in [5.74, 6) is 1.60. The van der Waals surface area contributed by atoms with Crippen LogP contribution in [-0.4, -0.2) is 66.5 Å². The summed E-state index contributed by atoms with van der Waals surface area (Å²) in [6.07, 6.45) is 5.31. The molecular formula is C21H27N7O. The van der Waals surface area contributed by atoms with E-state index in [1.54, 1.807) is 18.6 Å². The Morgan fingerprint density at radius 2 is 1.90 bits per heavy atom. The van der Waals surface area contributed by atoms with Gasteiger partial charge >= 0.3 is 0 Å². The van der Waals surface area contributed by atoms with E-state index >= 15 is 0 Å². The minimum Gasteiger partial charge on any atom is -0.339 e. The molecule has 0 radical (unpaired) electrons. The Kier molecular flexibility index (Phi) is 4.38. The fraction of sp³-hybridized carbons (Fsp3) is 0.524. The van der Waals surface area contributed by atoms with Gasteiger partial charge in [-0.1, -0.05) is 0 Å². The zero-order valence-corrected chi connectivity index (χ0v) is 17.3. The molecular weight excluding hydrogens is 366 g/mol. The topological polar surface area (TPSA) is 72.1 Å². The average molecular weight is 393 g/mol. The van der Waals surface area contributed by atoms with Gasteiger partial charge in [0.05, 0.1) is 23.3 Å². The normalized spacial score (nSPS) is 18.4. The summed E-state index contributed by atoms with van der Waals surface area (Å²) < 4.78 is 4.22. The molecule has 5 rings (SSSR count). The van der Waals surface area contributed by atoms with Gasteiger partial charge in [0, 0.05) is 51.9 Å². The monoisotopic (exact) mass is 393 g/mol. The summed E-state index contributed by atoms with van der Waals surface area (Å²) in [7, 11) is 4.07. The van der Waals surface area contributed by atoms with Gasteiger partial charge in [0.2, 0.25) is 0 Å². The molecule has 2 aliphatic heterocycles. The average Bonchev–Trinajstić information content (AvgIpc) is 3.27. The molecule has 0 bridgehead atoms. The van der Waals surface area contributed by atoms with Crippen molar-refractivity contribution < 1.29 is 4.79 Å². The van der Waals surface area contributed by atoms with Crippen LogP contribution in [0.2, 0.25) is 0 Å². The van der Waals surface area contributed by atoms with E-state index < -0.39 is 0 Å². The molecule has 152 valence electrons. The second kappa shape index (κ2) is 6.95. The number of aromatic nitrogens is 5. The lowest BCUT2D eigenvalue weighted by Crippen LogP contribution is -2.38. The first-order chi connectivity index (χ1) is 14.0. The molecule has 1 saturated heterocycles. The van der Waals surface area contributed by atoms with Gasteiger partial charge in [-0.15, -0.1) is 0 Å². The Bertz CT molecular complexity index is 1070. The molecule has 0 aromatic carbocycles. The summed E-state index contributed by atoms with van der Waals surface area (Å²) in [5, 5.41) is 0. The smallest absolute Gasteiger partial charge is 0.256 e. The Labute approximate surface area is 170 Å². The fourth-order valence-electron chi connectivity index (χ4n) is 4.75. The number of rotatable bonds is 2. The third-order valence-electron chi connectivity index (χ3n) is 6.42.